The summed E-state index contributed by atoms with van der Waals surface area (Å²) in [6.07, 6.45) is 0.693. The van der Waals surface area contributed by atoms with Crippen molar-refractivity contribution in [3.8, 4) is 0 Å². The number of rotatable bonds is 4. The van der Waals surface area contributed by atoms with Gasteiger partial charge in [0.05, 0.1) is 6.04 Å². The summed E-state index contributed by atoms with van der Waals surface area (Å²) in [6, 6.07) is 11.6. The third kappa shape index (κ3) is 4.08. The lowest BCUT2D eigenvalue weighted by molar-refractivity contribution is 0.550. The minimum atomic E-state index is -0.0423. The molecule has 0 aliphatic carbocycles. The fraction of sp³-hybridized carbons (Fsp3) is 0.143. The molecule has 0 fully saturated rings. The fourth-order valence-electron chi connectivity index (χ4n) is 1.95. The van der Waals surface area contributed by atoms with Gasteiger partial charge < -0.3 is 0 Å². The summed E-state index contributed by atoms with van der Waals surface area (Å²) in [5.74, 6) is 5.70. The summed E-state index contributed by atoms with van der Waals surface area (Å²) in [7, 11) is 0. The SMILES string of the molecule is NNC(Cc1ccc(Br)cc1Cl)c1cc(Cl)ccc1I. The van der Waals surface area contributed by atoms with Crippen LogP contribution in [0.4, 0.5) is 0 Å². The van der Waals surface area contributed by atoms with Gasteiger partial charge in [-0.25, -0.2) is 0 Å². The summed E-state index contributed by atoms with van der Waals surface area (Å²) in [6.45, 7) is 0. The topological polar surface area (TPSA) is 38.0 Å². The van der Waals surface area contributed by atoms with E-state index in [1.54, 1.807) is 0 Å². The Labute approximate surface area is 150 Å². The number of halogens is 4. The molecule has 2 aromatic carbocycles. The lowest BCUT2D eigenvalue weighted by atomic mass is 9.99. The smallest absolute Gasteiger partial charge is 0.0511 e. The van der Waals surface area contributed by atoms with Crippen molar-refractivity contribution in [1.82, 2.24) is 5.43 Å². The zero-order valence-corrected chi connectivity index (χ0v) is 15.6. The molecule has 0 heterocycles. The highest BCUT2D eigenvalue weighted by Crippen LogP contribution is 2.29. The predicted octanol–water partition coefficient (Wildman–Crippen LogP) is 5.11. The van der Waals surface area contributed by atoms with Crippen LogP contribution < -0.4 is 11.3 Å². The number of nitrogens with two attached hydrogens (primary N) is 1. The van der Waals surface area contributed by atoms with Crippen molar-refractivity contribution in [1.29, 1.82) is 0 Å². The van der Waals surface area contributed by atoms with Crippen molar-refractivity contribution in [2.24, 2.45) is 5.84 Å². The van der Waals surface area contributed by atoms with Gasteiger partial charge in [-0.05, 0) is 70.5 Å². The van der Waals surface area contributed by atoms with Crippen LogP contribution >= 0.6 is 61.7 Å². The van der Waals surface area contributed by atoms with Gasteiger partial charge in [-0.3, -0.25) is 11.3 Å². The molecule has 0 aliphatic rings. The second-order valence-corrected chi connectivity index (χ2v) is 7.25. The Morgan fingerprint density at radius 2 is 1.95 bits per heavy atom. The van der Waals surface area contributed by atoms with E-state index < -0.39 is 0 Å². The van der Waals surface area contributed by atoms with E-state index in [1.165, 1.54) is 0 Å². The van der Waals surface area contributed by atoms with E-state index in [0.29, 0.717) is 11.4 Å². The molecule has 2 aromatic rings. The van der Waals surface area contributed by atoms with Crippen molar-refractivity contribution in [3.63, 3.8) is 0 Å². The standard InChI is InChI=1S/C14H12BrCl2IN2/c15-9-2-1-8(12(17)6-9)5-14(20-19)11-7-10(16)3-4-13(11)18/h1-4,6-7,14,20H,5,19H2. The maximum Gasteiger partial charge on any atom is 0.0511 e. The van der Waals surface area contributed by atoms with Gasteiger partial charge >= 0.3 is 0 Å². The maximum atomic E-state index is 6.26. The second kappa shape index (κ2) is 7.42. The van der Waals surface area contributed by atoms with Crippen molar-refractivity contribution < 1.29 is 0 Å². The molecular formula is C14H12BrCl2IN2. The number of nitrogens with one attached hydrogen (secondary N) is 1. The van der Waals surface area contributed by atoms with E-state index in [1.807, 2.05) is 36.4 Å². The molecule has 2 nitrogen and oxygen atoms in total. The molecule has 6 heteroatoms. The number of benzene rings is 2. The van der Waals surface area contributed by atoms with E-state index in [9.17, 15) is 0 Å². The first-order valence-corrected chi connectivity index (χ1v) is 8.49. The molecule has 3 N–H and O–H groups in total. The van der Waals surface area contributed by atoms with E-state index in [2.05, 4.69) is 43.9 Å². The molecule has 0 saturated carbocycles. The van der Waals surface area contributed by atoms with Gasteiger partial charge in [-0.2, -0.15) is 0 Å². The first kappa shape index (κ1) is 16.5. The second-order valence-electron chi connectivity index (χ2n) is 4.32. The highest BCUT2D eigenvalue weighted by atomic mass is 127. The normalized spacial score (nSPS) is 12.4. The highest BCUT2D eigenvalue weighted by Gasteiger charge is 2.16. The Balaban J connectivity index is 2.31. The Bertz CT molecular complexity index is 622. The Morgan fingerprint density at radius 3 is 2.60 bits per heavy atom. The molecule has 0 aliphatic heterocycles. The Morgan fingerprint density at radius 1 is 1.20 bits per heavy atom. The summed E-state index contributed by atoms with van der Waals surface area (Å²) in [4.78, 5) is 0. The fourth-order valence-corrected chi connectivity index (χ4v) is 3.59. The largest absolute Gasteiger partial charge is 0.271 e. The van der Waals surface area contributed by atoms with Crippen LogP contribution in [-0.4, -0.2) is 0 Å². The van der Waals surface area contributed by atoms with Gasteiger partial charge in [-0.1, -0.05) is 45.2 Å². The molecule has 2 rings (SSSR count). The van der Waals surface area contributed by atoms with Crippen molar-refractivity contribution in [2.75, 3.05) is 0 Å². The average Bonchev–Trinajstić information content (AvgIpc) is 2.41. The summed E-state index contributed by atoms with van der Waals surface area (Å²) < 4.78 is 2.07. The minimum absolute atomic E-state index is 0.0423. The zero-order chi connectivity index (χ0) is 14.7. The molecular weight excluding hydrogens is 474 g/mol. The van der Waals surface area contributed by atoms with Crippen LogP contribution in [0.5, 0.6) is 0 Å². The van der Waals surface area contributed by atoms with Crippen molar-refractivity contribution in [3.05, 3.63) is 65.6 Å². The van der Waals surface area contributed by atoms with Crippen LogP contribution in [0.1, 0.15) is 17.2 Å². The van der Waals surface area contributed by atoms with E-state index in [-0.39, 0.29) is 6.04 Å². The van der Waals surface area contributed by atoms with Crippen LogP contribution in [0.15, 0.2) is 40.9 Å². The number of hydrazine groups is 1. The minimum Gasteiger partial charge on any atom is -0.271 e. The first-order chi connectivity index (χ1) is 9.51. The quantitative estimate of drug-likeness (QED) is 0.359. The first-order valence-electron chi connectivity index (χ1n) is 5.86. The zero-order valence-electron chi connectivity index (χ0n) is 10.3. The summed E-state index contributed by atoms with van der Waals surface area (Å²) >= 11 is 18.0. The monoisotopic (exact) mass is 484 g/mol. The molecule has 0 amide bonds. The van der Waals surface area contributed by atoms with Gasteiger partial charge in [0.1, 0.15) is 0 Å². The molecule has 0 saturated heterocycles. The van der Waals surface area contributed by atoms with Gasteiger partial charge in [0, 0.05) is 18.1 Å². The van der Waals surface area contributed by atoms with Gasteiger partial charge in [-0.15, -0.1) is 0 Å². The molecule has 0 radical (unpaired) electrons. The van der Waals surface area contributed by atoms with Crippen LogP contribution in [0.25, 0.3) is 0 Å². The van der Waals surface area contributed by atoms with Crippen LogP contribution in [0.2, 0.25) is 10.0 Å². The predicted molar refractivity (Wildman–Crippen MR) is 97.1 cm³/mol. The molecule has 0 spiro atoms. The van der Waals surface area contributed by atoms with Gasteiger partial charge in [0.15, 0.2) is 0 Å². The van der Waals surface area contributed by atoms with E-state index >= 15 is 0 Å². The van der Waals surface area contributed by atoms with Gasteiger partial charge in [0.25, 0.3) is 0 Å². The molecule has 1 unspecified atom stereocenters. The Hall–Kier alpha value is 0.150. The van der Waals surface area contributed by atoms with Crippen molar-refractivity contribution >= 4 is 61.7 Å². The third-order valence-corrected chi connectivity index (χ3v) is 5.04. The van der Waals surface area contributed by atoms with Crippen LogP contribution in [-0.2, 0) is 6.42 Å². The van der Waals surface area contributed by atoms with Crippen LogP contribution in [0.3, 0.4) is 0 Å². The lowest BCUT2D eigenvalue weighted by Crippen LogP contribution is -2.30. The Kier molecular flexibility index (Phi) is 6.13. The van der Waals surface area contributed by atoms with E-state index in [0.717, 1.165) is 24.2 Å². The molecule has 0 bridgehead atoms. The average molecular weight is 486 g/mol. The molecule has 106 valence electrons. The van der Waals surface area contributed by atoms with Crippen molar-refractivity contribution in [2.45, 2.75) is 12.5 Å². The number of hydrogen-bond donors (Lipinski definition) is 2. The molecule has 1 atom stereocenters. The number of hydrogen-bond acceptors (Lipinski definition) is 2. The highest BCUT2D eigenvalue weighted by molar-refractivity contribution is 14.1. The summed E-state index contributed by atoms with van der Waals surface area (Å²) in [5.41, 5.74) is 4.95. The molecule has 20 heavy (non-hydrogen) atoms. The maximum absolute atomic E-state index is 6.26. The van der Waals surface area contributed by atoms with Gasteiger partial charge in [0.2, 0.25) is 0 Å². The summed E-state index contributed by atoms with van der Waals surface area (Å²) in [5, 5.41) is 1.42. The van der Waals surface area contributed by atoms with E-state index in [4.69, 9.17) is 29.0 Å². The molecule has 0 aromatic heterocycles. The van der Waals surface area contributed by atoms with Crippen LogP contribution in [0, 0.1) is 3.57 Å². The third-order valence-electron chi connectivity index (χ3n) is 2.97. The lowest BCUT2D eigenvalue weighted by Gasteiger charge is -2.19.